The zero-order valence-corrected chi connectivity index (χ0v) is 11.9. The summed E-state index contributed by atoms with van der Waals surface area (Å²) in [4.78, 5) is 10.1. The third kappa shape index (κ3) is 3.40. The van der Waals surface area contributed by atoms with Crippen molar-refractivity contribution in [3.8, 4) is 0 Å². The first-order chi connectivity index (χ1) is 9.47. The van der Waals surface area contributed by atoms with E-state index in [1.54, 1.807) is 12.1 Å². The topological polar surface area (TPSA) is 63.4 Å². The number of aliphatic hydroxyl groups excluding tert-OH is 1. The molecule has 0 fully saturated rings. The fraction of sp³-hybridized carbons (Fsp3) is 0.143. The van der Waals surface area contributed by atoms with Gasteiger partial charge in [0.25, 0.3) is 5.69 Å². The van der Waals surface area contributed by atoms with Gasteiger partial charge in [0, 0.05) is 23.0 Å². The summed E-state index contributed by atoms with van der Waals surface area (Å²) in [7, 11) is 0. The number of non-ortho nitro benzene ring substituents is 1. The molecule has 0 aliphatic carbocycles. The van der Waals surface area contributed by atoms with E-state index in [0.717, 1.165) is 5.56 Å². The number of hydrogen-bond acceptors (Lipinski definition) is 3. The number of halogens is 2. The summed E-state index contributed by atoms with van der Waals surface area (Å²) < 4.78 is 13.8. The van der Waals surface area contributed by atoms with Crippen LogP contribution in [0.3, 0.4) is 0 Å². The summed E-state index contributed by atoms with van der Waals surface area (Å²) in [6, 6.07) is 10.0. The van der Waals surface area contributed by atoms with E-state index in [1.807, 2.05) is 0 Å². The summed E-state index contributed by atoms with van der Waals surface area (Å²) in [5.41, 5.74) is 1.18. The van der Waals surface area contributed by atoms with Gasteiger partial charge in [0.1, 0.15) is 5.82 Å². The third-order valence-electron chi connectivity index (χ3n) is 2.89. The second-order valence-electron chi connectivity index (χ2n) is 4.31. The lowest BCUT2D eigenvalue weighted by molar-refractivity contribution is -0.384. The van der Waals surface area contributed by atoms with E-state index in [-0.39, 0.29) is 12.1 Å². The number of nitro benzene ring substituents is 1. The maximum absolute atomic E-state index is 13.2. The van der Waals surface area contributed by atoms with Gasteiger partial charge >= 0.3 is 0 Å². The Hall–Kier alpha value is -1.79. The van der Waals surface area contributed by atoms with E-state index in [0.29, 0.717) is 10.0 Å². The number of hydrogen-bond donors (Lipinski definition) is 1. The molecule has 0 aliphatic rings. The van der Waals surface area contributed by atoms with Crippen molar-refractivity contribution in [2.45, 2.75) is 12.5 Å². The molecule has 104 valence electrons. The average molecular weight is 340 g/mol. The fourth-order valence-corrected chi connectivity index (χ4v) is 2.37. The molecule has 1 N–H and O–H groups in total. The van der Waals surface area contributed by atoms with Gasteiger partial charge in [-0.05, 0) is 29.3 Å². The average Bonchev–Trinajstić information content (AvgIpc) is 2.42. The van der Waals surface area contributed by atoms with Gasteiger partial charge in [-0.25, -0.2) is 4.39 Å². The molecular weight excluding hydrogens is 329 g/mol. The molecule has 0 aromatic heterocycles. The van der Waals surface area contributed by atoms with Crippen LogP contribution in [0.5, 0.6) is 0 Å². The Labute approximate surface area is 123 Å². The summed E-state index contributed by atoms with van der Waals surface area (Å²) >= 11 is 3.26. The fourth-order valence-electron chi connectivity index (χ4n) is 1.86. The molecule has 0 saturated carbocycles. The van der Waals surface area contributed by atoms with Crippen LogP contribution in [0.25, 0.3) is 0 Å². The predicted octanol–water partition coefficient (Wildman–Crippen LogP) is 3.77. The molecule has 0 radical (unpaired) electrons. The third-order valence-corrected chi connectivity index (χ3v) is 3.62. The minimum Gasteiger partial charge on any atom is -0.388 e. The first-order valence-corrected chi connectivity index (χ1v) is 6.63. The van der Waals surface area contributed by atoms with E-state index < -0.39 is 16.8 Å². The molecule has 2 aromatic carbocycles. The van der Waals surface area contributed by atoms with Crippen LogP contribution in [-0.2, 0) is 6.42 Å². The molecule has 1 atom stereocenters. The monoisotopic (exact) mass is 339 g/mol. The summed E-state index contributed by atoms with van der Waals surface area (Å²) in [5, 5.41) is 20.7. The molecule has 2 aromatic rings. The molecule has 20 heavy (non-hydrogen) atoms. The molecule has 1 unspecified atom stereocenters. The lowest BCUT2D eigenvalue weighted by Crippen LogP contribution is -2.03. The Kier molecular flexibility index (Phi) is 4.46. The zero-order valence-electron chi connectivity index (χ0n) is 10.3. The first kappa shape index (κ1) is 14.6. The van der Waals surface area contributed by atoms with Crippen molar-refractivity contribution in [2.24, 2.45) is 0 Å². The minimum absolute atomic E-state index is 0.00447. The highest BCUT2D eigenvalue weighted by molar-refractivity contribution is 9.10. The van der Waals surface area contributed by atoms with E-state index in [1.165, 1.54) is 30.3 Å². The van der Waals surface area contributed by atoms with E-state index >= 15 is 0 Å². The highest BCUT2D eigenvalue weighted by atomic mass is 79.9. The Morgan fingerprint density at radius 1 is 1.25 bits per heavy atom. The van der Waals surface area contributed by atoms with E-state index in [2.05, 4.69) is 15.9 Å². The second-order valence-corrected chi connectivity index (χ2v) is 5.16. The Balaban J connectivity index is 2.16. The molecule has 0 saturated heterocycles. The number of aliphatic hydroxyl groups is 1. The van der Waals surface area contributed by atoms with Crippen LogP contribution in [0.4, 0.5) is 10.1 Å². The molecule has 2 rings (SSSR count). The molecule has 4 nitrogen and oxygen atoms in total. The number of nitro groups is 1. The summed E-state index contributed by atoms with van der Waals surface area (Å²) in [5.74, 6) is -0.425. The van der Waals surface area contributed by atoms with Crippen molar-refractivity contribution in [3.05, 3.63) is 74.0 Å². The SMILES string of the molecule is O=[N+]([O-])c1ccc(CC(O)c2cc(F)ccc2Br)cc1. The minimum atomic E-state index is -0.887. The number of benzene rings is 2. The van der Waals surface area contributed by atoms with Crippen LogP contribution in [0.1, 0.15) is 17.2 Å². The second kappa shape index (κ2) is 6.11. The zero-order chi connectivity index (χ0) is 14.7. The van der Waals surface area contributed by atoms with Gasteiger partial charge < -0.3 is 5.11 Å². The maximum Gasteiger partial charge on any atom is 0.269 e. The van der Waals surface area contributed by atoms with Crippen molar-refractivity contribution in [1.82, 2.24) is 0 Å². The van der Waals surface area contributed by atoms with Crippen LogP contribution in [-0.4, -0.2) is 10.0 Å². The van der Waals surface area contributed by atoms with Crippen LogP contribution in [0.15, 0.2) is 46.9 Å². The van der Waals surface area contributed by atoms with Crippen molar-refractivity contribution in [2.75, 3.05) is 0 Å². The molecule has 0 heterocycles. The Bertz CT molecular complexity index is 631. The van der Waals surface area contributed by atoms with Crippen molar-refractivity contribution >= 4 is 21.6 Å². The molecular formula is C14H11BrFNO3. The lowest BCUT2D eigenvalue weighted by Gasteiger charge is -2.13. The van der Waals surface area contributed by atoms with E-state index in [4.69, 9.17) is 0 Å². The van der Waals surface area contributed by atoms with E-state index in [9.17, 15) is 19.6 Å². The quantitative estimate of drug-likeness (QED) is 0.681. The molecule has 0 spiro atoms. The standard InChI is InChI=1S/C14H11BrFNO3/c15-13-6-3-10(16)8-12(13)14(18)7-9-1-4-11(5-2-9)17(19)20/h1-6,8,14,18H,7H2. The van der Waals surface area contributed by atoms with Crippen molar-refractivity contribution in [3.63, 3.8) is 0 Å². The van der Waals surface area contributed by atoms with Gasteiger partial charge in [0.2, 0.25) is 0 Å². The molecule has 0 aliphatic heterocycles. The normalized spacial score (nSPS) is 12.2. The molecule has 6 heteroatoms. The number of rotatable bonds is 4. The number of nitrogens with zero attached hydrogens (tertiary/aromatic N) is 1. The van der Waals surface area contributed by atoms with Crippen LogP contribution in [0.2, 0.25) is 0 Å². The molecule has 0 bridgehead atoms. The van der Waals surface area contributed by atoms with Crippen LogP contribution in [0, 0.1) is 15.9 Å². The van der Waals surface area contributed by atoms with Gasteiger partial charge in [-0.15, -0.1) is 0 Å². The van der Waals surface area contributed by atoms with Crippen molar-refractivity contribution in [1.29, 1.82) is 0 Å². The lowest BCUT2D eigenvalue weighted by atomic mass is 10.0. The van der Waals surface area contributed by atoms with Gasteiger partial charge in [-0.2, -0.15) is 0 Å². The predicted molar refractivity (Wildman–Crippen MR) is 75.9 cm³/mol. The summed E-state index contributed by atoms with van der Waals surface area (Å²) in [6.45, 7) is 0. The highest BCUT2D eigenvalue weighted by Crippen LogP contribution is 2.27. The molecule has 0 amide bonds. The van der Waals surface area contributed by atoms with Crippen molar-refractivity contribution < 1.29 is 14.4 Å². The maximum atomic E-state index is 13.2. The highest BCUT2D eigenvalue weighted by Gasteiger charge is 2.14. The van der Waals surface area contributed by atoms with Gasteiger partial charge in [0.15, 0.2) is 0 Å². The Morgan fingerprint density at radius 2 is 1.90 bits per heavy atom. The van der Waals surface area contributed by atoms with Crippen LogP contribution >= 0.6 is 15.9 Å². The largest absolute Gasteiger partial charge is 0.388 e. The van der Waals surface area contributed by atoms with Gasteiger partial charge in [0.05, 0.1) is 11.0 Å². The Morgan fingerprint density at radius 3 is 2.50 bits per heavy atom. The van der Waals surface area contributed by atoms with Gasteiger partial charge in [-0.3, -0.25) is 10.1 Å². The smallest absolute Gasteiger partial charge is 0.269 e. The van der Waals surface area contributed by atoms with Gasteiger partial charge in [-0.1, -0.05) is 28.1 Å². The first-order valence-electron chi connectivity index (χ1n) is 5.83. The summed E-state index contributed by atoms with van der Waals surface area (Å²) in [6.07, 6.45) is -0.637. The van der Waals surface area contributed by atoms with Crippen LogP contribution < -0.4 is 0 Å².